The van der Waals surface area contributed by atoms with Gasteiger partial charge in [-0.25, -0.2) is 0 Å². The maximum absolute atomic E-state index is 5.28. The molecule has 0 saturated heterocycles. The first kappa shape index (κ1) is 10.5. The molecule has 0 aliphatic heterocycles. The van der Waals surface area contributed by atoms with Crippen molar-refractivity contribution in [1.29, 1.82) is 0 Å². The minimum atomic E-state index is 0.754. The van der Waals surface area contributed by atoms with Crippen LogP contribution in [0.25, 0.3) is 0 Å². The van der Waals surface area contributed by atoms with Crippen LogP contribution in [-0.2, 0) is 4.74 Å². The summed E-state index contributed by atoms with van der Waals surface area (Å²) in [4.78, 5) is 0. The standard InChI is InChI=1S/C13H24O/c1-3-11-4-6-13(8-11)7-5-12(9-13)10-14-2/h11-12H,3-10H2,1-2H3. The molecule has 0 radical (unpaired) electrons. The Balaban J connectivity index is 1.87. The van der Waals surface area contributed by atoms with Crippen LogP contribution in [0.15, 0.2) is 0 Å². The summed E-state index contributed by atoms with van der Waals surface area (Å²) in [6.07, 6.45) is 10.3. The van der Waals surface area contributed by atoms with Crippen molar-refractivity contribution in [2.45, 2.75) is 51.9 Å². The van der Waals surface area contributed by atoms with Crippen molar-refractivity contribution in [3.63, 3.8) is 0 Å². The monoisotopic (exact) mass is 196 g/mol. The Morgan fingerprint density at radius 3 is 2.36 bits per heavy atom. The van der Waals surface area contributed by atoms with E-state index in [-0.39, 0.29) is 0 Å². The van der Waals surface area contributed by atoms with E-state index >= 15 is 0 Å². The van der Waals surface area contributed by atoms with Gasteiger partial charge in [-0.2, -0.15) is 0 Å². The lowest BCUT2D eigenvalue weighted by molar-refractivity contribution is 0.145. The number of ether oxygens (including phenoxy) is 1. The summed E-state index contributed by atoms with van der Waals surface area (Å²) < 4.78 is 5.28. The van der Waals surface area contributed by atoms with Gasteiger partial charge in [0, 0.05) is 13.7 Å². The summed E-state index contributed by atoms with van der Waals surface area (Å²) in [6, 6.07) is 0. The Labute approximate surface area is 88.2 Å². The minimum Gasteiger partial charge on any atom is -0.384 e. The topological polar surface area (TPSA) is 9.23 Å². The van der Waals surface area contributed by atoms with Crippen molar-refractivity contribution in [2.24, 2.45) is 17.3 Å². The van der Waals surface area contributed by atoms with Crippen LogP contribution >= 0.6 is 0 Å². The van der Waals surface area contributed by atoms with Crippen LogP contribution in [0, 0.1) is 17.3 Å². The van der Waals surface area contributed by atoms with Gasteiger partial charge in [0.15, 0.2) is 0 Å². The van der Waals surface area contributed by atoms with Crippen LogP contribution in [0.3, 0.4) is 0 Å². The lowest BCUT2D eigenvalue weighted by Gasteiger charge is -2.23. The average molecular weight is 196 g/mol. The van der Waals surface area contributed by atoms with Crippen molar-refractivity contribution in [3.05, 3.63) is 0 Å². The molecule has 3 atom stereocenters. The molecule has 1 nitrogen and oxygen atoms in total. The van der Waals surface area contributed by atoms with Crippen LogP contribution in [0.2, 0.25) is 0 Å². The molecule has 2 fully saturated rings. The molecule has 0 N–H and O–H groups in total. The molecule has 82 valence electrons. The largest absolute Gasteiger partial charge is 0.384 e. The van der Waals surface area contributed by atoms with Gasteiger partial charge >= 0.3 is 0 Å². The van der Waals surface area contributed by atoms with Crippen molar-refractivity contribution >= 4 is 0 Å². The van der Waals surface area contributed by atoms with Gasteiger partial charge in [0.2, 0.25) is 0 Å². The van der Waals surface area contributed by atoms with E-state index in [2.05, 4.69) is 6.92 Å². The van der Waals surface area contributed by atoms with E-state index in [0.29, 0.717) is 0 Å². The van der Waals surface area contributed by atoms with Crippen molar-refractivity contribution < 1.29 is 4.74 Å². The summed E-state index contributed by atoms with van der Waals surface area (Å²) in [5, 5.41) is 0. The predicted octanol–water partition coefficient (Wildman–Crippen LogP) is 3.63. The predicted molar refractivity (Wildman–Crippen MR) is 59.3 cm³/mol. The first-order valence-corrected chi connectivity index (χ1v) is 6.27. The zero-order valence-electron chi connectivity index (χ0n) is 9.72. The quantitative estimate of drug-likeness (QED) is 0.669. The van der Waals surface area contributed by atoms with Crippen molar-refractivity contribution in [3.8, 4) is 0 Å². The molecular formula is C13H24O. The summed E-state index contributed by atoms with van der Waals surface area (Å²) in [7, 11) is 1.84. The Hall–Kier alpha value is -0.0400. The second-order valence-electron chi connectivity index (χ2n) is 5.58. The Morgan fingerprint density at radius 2 is 1.79 bits per heavy atom. The third-order valence-electron chi connectivity index (χ3n) is 4.59. The minimum absolute atomic E-state index is 0.754. The number of rotatable bonds is 3. The SMILES string of the molecule is CCC1CCC2(CCC(COC)C2)C1. The number of hydrogen-bond acceptors (Lipinski definition) is 1. The first-order chi connectivity index (χ1) is 6.78. The fourth-order valence-electron chi connectivity index (χ4n) is 3.79. The zero-order chi connectivity index (χ0) is 10.0. The fraction of sp³-hybridized carbons (Fsp3) is 1.00. The zero-order valence-corrected chi connectivity index (χ0v) is 9.72. The molecule has 2 saturated carbocycles. The van der Waals surface area contributed by atoms with Gasteiger partial charge in [0.1, 0.15) is 0 Å². The molecule has 0 aromatic rings. The second kappa shape index (κ2) is 4.22. The Kier molecular flexibility index (Phi) is 3.16. The highest BCUT2D eigenvalue weighted by Crippen LogP contribution is 2.55. The van der Waals surface area contributed by atoms with Crippen molar-refractivity contribution in [2.75, 3.05) is 13.7 Å². The molecule has 1 spiro atoms. The summed E-state index contributed by atoms with van der Waals surface area (Å²) in [5.74, 6) is 1.91. The van der Waals surface area contributed by atoms with Gasteiger partial charge in [-0.3, -0.25) is 0 Å². The highest BCUT2D eigenvalue weighted by atomic mass is 16.5. The van der Waals surface area contributed by atoms with Crippen LogP contribution in [-0.4, -0.2) is 13.7 Å². The van der Waals surface area contributed by atoms with E-state index in [0.717, 1.165) is 23.9 Å². The highest BCUT2D eigenvalue weighted by molar-refractivity contribution is 4.94. The molecule has 0 aromatic heterocycles. The molecule has 0 heterocycles. The van der Waals surface area contributed by atoms with Gasteiger partial charge in [-0.15, -0.1) is 0 Å². The lowest BCUT2D eigenvalue weighted by Crippen LogP contribution is -2.13. The smallest absolute Gasteiger partial charge is 0.0490 e. The van der Waals surface area contributed by atoms with E-state index in [1.54, 1.807) is 0 Å². The van der Waals surface area contributed by atoms with Crippen LogP contribution in [0.1, 0.15) is 51.9 Å². The van der Waals surface area contributed by atoms with Gasteiger partial charge in [-0.1, -0.05) is 13.3 Å². The maximum Gasteiger partial charge on any atom is 0.0490 e. The average Bonchev–Trinajstić information content (AvgIpc) is 2.76. The van der Waals surface area contributed by atoms with Gasteiger partial charge in [-0.05, 0) is 55.8 Å². The molecule has 3 unspecified atom stereocenters. The molecule has 2 aliphatic carbocycles. The number of methoxy groups -OCH3 is 1. The van der Waals surface area contributed by atoms with E-state index < -0.39 is 0 Å². The summed E-state index contributed by atoms with van der Waals surface area (Å²) in [5.41, 5.74) is 0.754. The molecule has 2 rings (SSSR count). The van der Waals surface area contributed by atoms with Crippen LogP contribution in [0.4, 0.5) is 0 Å². The molecule has 1 heteroatoms. The maximum atomic E-state index is 5.28. The van der Waals surface area contributed by atoms with Crippen LogP contribution in [0.5, 0.6) is 0 Å². The second-order valence-corrected chi connectivity index (χ2v) is 5.58. The lowest BCUT2D eigenvalue weighted by atomic mass is 9.82. The Bertz CT molecular complexity index is 190. The first-order valence-electron chi connectivity index (χ1n) is 6.27. The van der Waals surface area contributed by atoms with E-state index in [1.165, 1.54) is 44.9 Å². The van der Waals surface area contributed by atoms with E-state index in [9.17, 15) is 0 Å². The molecule has 0 aromatic carbocycles. The highest BCUT2D eigenvalue weighted by Gasteiger charge is 2.43. The van der Waals surface area contributed by atoms with Gasteiger partial charge in [0.25, 0.3) is 0 Å². The summed E-state index contributed by atoms with van der Waals surface area (Å²) >= 11 is 0. The third-order valence-corrected chi connectivity index (χ3v) is 4.59. The Morgan fingerprint density at radius 1 is 1.14 bits per heavy atom. The van der Waals surface area contributed by atoms with E-state index in [1.807, 2.05) is 7.11 Å². The van der Waals surface area contributed by atoms with E-state index in [4.69, 9.17) is 4.74 Å². The van der Waals surface area contributed by atoms with Crippen LogP contribution < -0.4 is 0 Å². The molecule has 0 bridgehead atoms. The fourth-order valence-corrected chi connectivity index (χ4v) is 3.79. The summed E-state index contributed by atoms with van der Waals surface area (Å²) in [6.45, 7) is 3.35. The van der Waals surface area contributed by atoms with Gasteiger partial charge in [0.05, 0.1) is 0 Å². The molecule has 0 amide bonds. The normalized spacial score (nSPS) is 42.4. The van der Waals surface area contributed by atoms with Crippen molar-refractivity contribution in [1.82, 2.24) is 0 Å². The van der Waals surface area contributed by atoms with Gasteiger partial charge < -0.3 is 4.74 Å². The molecule has 14 heavy (non-hydrogen) atoms. The number of hydrogen-bond donors (Lipinski definition) is 0. The third kappa shape index (κ3) is 1.98. The molecular weight excluding hydrogens is 172 g/mol. The molecule has 2 aliphatic rings.